The molecule has 0 bridgehead atoms. The second-order valence-corrected chi connectivity index (χ2v) is 4.40. The summed E-state index contributed by atoms with van der Waals surface area (Å²) in [6.07, 6.45) is 2.45. The molecule has 2 atom stereocenters. The van der Waals surface area contributed by atoms with Crippen molar-refractivity contribution in [3.05, 3.63) is 0 Å². The van der Waals surface area contributed by atoms with Crippen LogP contribution in [0.3, 0.4) is 0 Å². The number of carboxylic acid groups (broad SMARTS) is 1. The number of carbonyl (C=O) groups is 2. The largest absolute Gasteiger partial charge is 0.481 e. The molecule has 6 nitrogen and oxygen atoms in total. The van der Waals surface area contributed by atoms with E-state index >= 15 is 0 Å². The molecule has 2 unspecified atom stereocenters. The molecule has 0 aromatic carbocycles. The van der Waals surface area contributed by atoms with Crippen molar-refractivity contribution >= 4 is 11.9 Å². The molecule has 0 aliphatic heterocycles. The van der Waals surface area contributed by atoms with Crippen LogP contribution in [0.5, 0.6) is 0 Å². The van der Waals surface area contributed by atoms with Gasteiger partial charge in [-0.3, -0.25) is 9.59 Å². The quantitative estimate of drug-likeness (QED) is 0.509. The summed E-state index contributed by atoms with van der Waals surface area (Å²) in [6.45, 7) is 0.563. The van der Waals surface area contributed by atoms with E-state index in [-0.39, 0.29) is 38.3 Å². The maximum absolute atomic E-state index is 11.7. The van der Waals surface area contributed by atoms with Crippen molar-refractivity contribution in [3.63, 3.8) is 0 Å². The topological polar surface area (TPSA) is 93.1 Å². The lowest BCUT2D eigenvalue weighted by Crippen LogP contribution is -2.29. The monoisotopic (exact) mass is 260 g/mol. The fraction of sp³-hybridized carbons (Fsp3) is 0.833. The van der Waals surface area contributed by atoms with Gasteiger partial charge in [0.2, 0.25) is 0 Å². The lowest BCUT2D eigenvalue weighted by molar-refractivity contribution is -0.153. The van der Waals surface area contributed by atoms with Gasteiger partial charge in [-0.2, -0.15) is 0 Å². The van der Waals surface area contributed by atoms with E-state index in [0.717, 1.165) is 6.42 Å². The van der Waals surface area contributed by atoms with Crippen LogP contribution < -0.4 is 0 Å². The Morgan fingerprint density at radius 2 is 1.83 bits per heavy atom. The third-order valence-electron chi connectivity index (χ3n) is 3.06. The smallest absolute Gasteiger partial charge is 0.309 e. The molecule has 104 valence electrons. The third-order valence-corrected chi connectivity index (χ3v) is 3.06. The molecule has 1 aliphatic rings. The second kappa shape index (κ2) is 8.05. The first kappa shape index (κ1) is 14.9. The first-order valence-electron chi connectivity index (χ1n) is 6.23. The van der Waals surface area contributed by atoms with E-state index in [1.165, 1.54) is 0 Å². The number of esters is 1. The Balaban J connectivity index is 2.22. The zero-order chi connectivity index (χ0) is 13.4. The molecule has 6 heteroatoms. The highest BCUT2D eigenvalue weighted by Crippen LogP contribution is 2.29. The van der Waals surface area contributed by atoms with Crippen LogP contribution in [0.15, 0.2) is 0 Å². The number of aliphatic hydroxyl groups excluding tert-OH is 1. The van der Waals surface area contributed by atoms with Crippen LogP contribution in [-0.2, 0) is 19.1 Å². The molecule has 1 saturated carbocycles. The van der Waals surface area contributed by atoms with Crippen LogP contribution in [0.2, 0.25) is 0 Å². The average Bonchev–Trinajstić information content (AvgIpc) is 2.38. The van der Waals surface area contributed by atoms with Crippen LogP contribution in [0.25, 0.3) is 0 Å². The van der Waals surface area contributed by atoms with Crippen molar-refractivity contribution in [2.75, 3.05) is 26.4 Å². The molecule has 18 heavy (non-hydrogen) atoms. The average molecular weight is 260 g/mol. The number of rotatable bonds is 7. The number of hydrogen-bond donors (Lipinski definition) is 2. The van der Waals surface area contributed by atoms with Gasteiger partial charge in [0.1, 0.15) is 6.61 Å². The minimum Gasteiger partial charge on any atom is -0.481 e. The van der Waals surface area contributed by atoms with E-state index in [9.17, 15) is 9.59 Å². The standard InChI is InChI=1S/C12H20O6/c13-4-5-17-6-7-18-12(16)10-3-1-2-9(8-10)11(14)15/h9-10,13H,1-8H2,(H,14,15). The molecule has 2 N–H and O–H groups in total. The number of aliphatic carboxylic acids is 1. The Hall–Kier alpha value is -1.14. The number of carboxylic acids is 1. The summed E-state index contributed by atoms with van der Waals surface area (Å²) in [5.41, 5.74) is 0. The van der Waals surface area contributed by atoms with Gasteiger partial charge in [-0.05, 0) is 19.3 Å². The molecule has 0 heterocycles. The van der Waals surface area contributed by atoms with E-state index in [1.54, 1.807) is 0 Å². The lowest BCUT2D eigenvalue weighted by Gasteiger charge is -2.24. The number of carbonyl (C=O) groups excluding carboxylic acids is 1. The summed E-state index contributed by atoms with van der Waals surface area (Å²) in [4.78, 5) is 22.5. The van der Waals surface area contributed by atoms with Gasteiger partial charge in [0.25, 0.3) is 0 Å². The number of aliphatic hydroxyl groups is 1. The number of ether oxygens (including phenoxy) is 2. The van der Waals surface area contributed by atoms with Crippen LogP contribution in [-0.4, -0.2) is 48.6 Å². The number of hydrogen-bond acceptors (Lipinski definition) is 5. The van der Waals surface area contributed by atoms with Crippen molar-refractivity contribution in [2.24, 2.45) is 11.8 Å². The molecule has 0 spiro atoms. The van der Waals surface area contributed by atoms with E-state index in [0.29, 0.717) is 19.3 Å². The first-order valence-corrected chi connectivity index (χ1v) is 6.23. The van der Waals surface area contributed by atoms with Crippen molar-refractivity contribution < 1.29 is 29.3 Å². The summed E-state index contributed by atoms with van der Waals surface area (Å²) < 4.78 is 9.98. The molecule has 1 rings (SSSR count). The Bertz CT molecular complexity index is 278. The van der Waals surface area contributed by atoms with Gasteiger partial charge in [0.15, 0.2) is 0 Å². The van der Waals surface area contributed by atoms with Gasteiger partial charge in [-0.1, -0.05) is 6.42 Å². The SMILES string of the molecule is O=C(O)C1CCCC(C(=O)OCCOCCO)C1. The van der Waals surface area contributed by atoms with Crippen molar-refractivity contribution in [3.8, 4) is 0 Å². The Morgan fingerprint density at radius 3 is 2.50 bits per heavy atom. The fourth-order valence-corrected chi connectivity index (χ4v) is 2.11. The zero-order valence-corrected chi connectivity index (χ0v) is 10.3. The normalized spacial score (nSPS) is 23.6. The summed E-state index contributed by atoms with van der Waals surface area (Å²) in [5.74, 6) is -1.91. The molecule has 0 aromatic rings. The molecular weight excluding hydrogens is 240 g/mol. The van der Waals surface area contributed by atoms with E-state index in [4.69, 9.17) is 19.7 Å². The lowest BCUT2D eigenvalue weighted by atomic mass is 9.81. The zero-order valence-electron chi connectivity index (χ0n) is 10.3. The predicted molar refractivity (Wildman–Crippen MR) is 61.9 cm³/mol. The Kier molecular flexibility index (Phi) is 6.67. The highest BCUT2D eigenvalue weighted by atomic mass is 16.6. The van der Waals surface area contributed by atoms with Crippen LogP contribution >= 0.6 is 0 Å². The van der Waals surface area contributed by atoms with Crippen LogP contribution in [0.1, 0.15) is 25.7 Å². The fourth-order valence-electron chi connectivity index (χ4n) is 2.11. The van der Waals surface area contributed by atoms with Crippen molar-refractivity contribution in [1.29, 1.82) is 0 Å². The molecule has 0 radical (unpaired) electrons. The molecule has 0 saturated heterocycles. The molecule has 0 amide bonds. The predicted octanol–water partition coefficient (Wildman–Crippen LogP) is 0.430. The van der Waals surface area contributed by atoms with E-state index in [1.807, 2.05) is 0 Å². The minimum atomic E-state index is -0.834. The van der Waals surface area contributed by atoms with Crippen LogP contribution in [0.4, 0.5) is 0 Å². The van der Waals surface area contributed by atoms with Gasteiger partial charge in [-0.25, -0.2) is 0 Å². The van der Waals surface area contributed by atoms with E-state index in [2.05, 4.69) is 0 Å². The summed E-state index contributed by atoms with van der Waals surface area (Å²) >= 11 is 0. The van der Waals surface area contributed by atoms with Gasteiger partial charge >= 0.3 is 11.9 Å². The van der Waals surface area contributed by atoms with Gasteiger partial charge in [-0.15, -0.1) is 0 Å². The second-order valence-electron chi connectivity index (χ2n) is 4.40. The Labute approximate surface area is 106 Å². The molecule has 0 aromatic heterocycles. The summed E-state index contributed by atoms with van der Waals surface area (Å²) in [6, 6.07) is 0. The first-order chi connectivity index (χ1) is 8.65. The van der Waals surface area contributed by atoms with Crippen molar-refractivity contribution in [1.82, 2.24) is 0 Å². The molecular formula is C12H20O6. The van der Waals surface area contributed by atoms with E-state index < -0.39 is 11.9 Å². The van der Waals surface area contributed by atoms with Gasteiger partial charge < -0.3 is 19.7 Å². The minimum absolute atomic E-state index is 0.0587. The highest BCUT2D eigenvalue weighted by Gasteiger charge is 2.31. The van der Waals surface area contributed by atoms with Gasteiger partial charge in [0.05, 0.1) is 31.7 Å². The summed E-state index contributed by atoms with van der Waals surface area (Å²) in [7, 11) is 0. The molecule has 1 aliphatic carbocycles. The van der Waals surface area contributed by atoms with Crippen molar-refractivity contribution in [2.45, 2.75) is 25.7 Å². The molecule has 1 fully saturated rings. The maximum Gasteiger partial charge on any atom is 0.309 e. The van der Waals surface area contributed by atoms with Crippen LogP contribution in [0, 0.1) is 11.8 Å². The highest BCUT2D eigenvalue weighted by molar-refractivity contribution is 5.75. The maximum atomic E-state index is 11.7. The summed E-state index contributed by atoms with van der Waals surface area (Å²) in [5, 5.41) is 17.4. The third kappa shape index (κ3) is 5.01. The Morgan fingerprint density at radius 1 is 1.11 bits per heavy atom. The van der Waals surface area contributed by atoms with Gasteiger partial charge in [0, 0.05) is 0 Å².